The van der Waals surface area contributed by atoms with Crippen molar-refractivity contribution in [2.75, 3.05) is 13.6 Å². The minimum absolute atomic E-state index is 0.00829. The van der Waals surface area contributed by atoms with Crippen molar-refractivity contribution < 1.29 is 9.59 Å². The summed E-state index contributed by atoms with van der Waals surface area (Å²) in [7, 11) is 1.65. The number of hydrogen-bond acceptors (Lipinski definition) is 3. The minimum Gasteiger partial charge on any atom is -0.350 e. The zero-order valence-electron chi connectivity index (χ0n) is 18.5. The summed E-state index contributed by atoms with van der Waals surface area (Å²) in [6, 6.07) is 15.6. The Balaban J connectivity index is 2.02. The number of fused-ring (bicyclic) bond motifs is 1. The molecule has 156 valence electrons. The molecule has 30 heavy (non-hydrogen) atoms. The van der Waals surface area contributed by atoms with Gasteiger partial charge in [0.1, 0.15) is 0 Å². The maximum Gasteiger partial charge on any atom is 0.254 e. The first-order valence-corrected chi connectivity index (χ1v) is 10.1. The van der Waals surface area contributed by atoms with E-state index in [9.17, 15) is 9.59 Å². The third kappa shape index (κ3) is 4.85. The molecule has 0 aliphatic rings. The molecule has 0 radical (unpaired) electrons. The van der Waals surface area contributed by atoms with Gasteiger partial charge in [-0.1, -0.05) is 42.0 Å². The van der Waals surface area contributed by atoms with Crippen LogP contribution in [0.15, 0.2) is 48.5 Å². The molecule has 0 atom stereocenters. The Hall–Kier alpha value is -3.21. The topological polar surface area (TPSA) is 62.3 Å². The lowest BCUT2D eigenvalue weighted by atomic mass is 9.99. The number of aryl methyl sites for hydroxylation is 2. The van der Waals surface area contributed by atoms with Gasteiger partial charge in [0.05, 0.1) is 23.3 Å². The summed E-state index contributed by atoms with van der Waals surface area (Å²) in [4.78, 5) is 31.9. The SMILES string of the molecule is Cc1ccc(-c2cc(C(=O)N(C)CC(=O)NC(C)(C)C)c3ccccc3n2)c(C)c1. The van der Waals surface area contributed by atoms with Crippen LogP contribution in [0.3, 0.4) is 0 Å². The molecule has 0 saturated heterocycles. The zero-order chi connectivity index (χ0) is 22.1. The molecule has 2 amide bonds. The van der Waals surface area contributed by atoms with Crippen molar-refractivity contribution in [1.82, 2.24) is 15.2 Å². The van der Waals surface area contributed by atoms with Gasteiger partial charge in [0.25, 0.3) is 5.91 Å². The second-order valence-corrected chi connectivity index (χ2v) is 8.85. The third-order valence-electron chi connectivity index (χ3n) is 4.85. The van der Waals surface area contributed by atoms with Crippen LogP contribution in [-0.4, -0.2) is 40.8 Å². The number of nitrogens with zero attached hydrogens (tertiary/aromatic N) is 2. The van der Waals surface area contributed by atoms with E-state index in [0.29, 0.717) is 5.56 Å². The second-order valence-electron chi connectivity index (χ2n) is 8.85. The summed E-state index contributed by atoms with van der Waals surface area (Å²) in [5, 5.41) is 3.68. The van der Waals surface area contributed by atoms with Gasteiger partial charge in [0.2, 0.25) is 5.91 Å². The monoisotopic (exact) mass is 403 g/mol. The molecule has 0 spiro atoms. The van der Waals surface area contributed by atoms with Gasteiger partial charge in [-0.05, 0) is 52.3 Å². The highest BCUT2D eigenvalue weighted by Crippen LogP contribution is 2.28. The third-order valence-corrected chi connectivity index (χ3v) is 4.85. The smallest absolute Gasteiger partial charge is 0.254 e. The van der Waals surface area contributed by atoms with E-state index in [1.165, 1.54) is 10.5 Å². The molecule has 0 aliphatic carbocycles. The maximum absolute atomic E-state index is 13.3. The normalized spacial score (nSPS) is 11.4. The fraction of sp³-hybridized carbons (Fsp3) is 0.320. The molecular weight excluding hydrogens is 374 g/mol. The van der Waals surface area contributed by atoms with E-state index in [4.69, 9.17) is 4.98 Å². The first-order chi connectivity index (χ1) is 14.0. The first kappa shape index (κ1) is 21.5. The van der Waals surface area contributed by atoms with E-state index < -0.39 is 0 Å². The second kappa shape index (κ2) is 8.27. The molecule has 2 aromatic carbocycles. The Kier molecular flexibility index (Phi) is 5.92. The van der Waals surface area contributed by atoms with Crippen molar-refractivity contribution in [3.63, 3.8) is 0 Å². The summed E-state index contributed by atoms with van der Waals surface area (Å²) < 4.78 is 0. The molecule has 0 saturated carbocycles. The van der Waals surface area contributed by atoms with Crippen molar-refractivity contribution in [3.8, 4) is 11.3 Å². The number of aromatic nitrogens is 1. The molecule has 1 N–H and O–H groups in total. The molecule has 5 nitrogen and oxygen atoms in total. The van der Waals surface area contributed by atoms with Crippen molar-refractivity contribution in [3.05, 3.63) is 65.2 Å². The van der Waals surface area contributed by atoms with Crippen LogP contribution in [0.4, 0.5) is 0 Å². The summed E-state index contributed by atoms with van der Waals surface area (Å²) in [6.07, 6.45) is 0. The lowest BCUT2D eigenvalue weighted by molar-refractivity contribution is -0.122. The van der Waals surface area contributed by atoms with Crippen molar-refractivity contribution in [1.29, 1.82) is 0 Å². The lowest BCUT2D eigenvalue weighted by Gasteiger charge is -2.24. The van der Waals surface area contributed by atoms with E-state index in [1.54, 1.807) is 7.05 Å². The maximum atomic E-state index is 13.3. The molecule has 3 rings (SSSR count). The quantitative estimate of drug-likeness (QED) is 0.697. The number of carbonyl (C=O) groups excluding carboxylic acids is 2. The van der Waals surface area contributed by atoms with E-state index in [0.717, 1.165) is 27.7 Å². The Labute approximate surface area is 178 Å². The molecule has 0 aliphatic heterocycles. The number of pyridine rings is 1. The van der Waals surface area contributed by atoms with Crippen LogP contribution >= 0.6 is 0 Å². The van der Waals surface area contributed by atoms with Gasteiger partial charge in [-0.3, -0.25) is 9.59 Å². The van der Waals surface area contributed by atoms with Gasteiger partial charge < -0.3 is 10.2 Å². The Morgan fingerprint density at radius 3 is 2.40 bits per heavy atom. The van der Waals surface area contributed by atoms with Crippen LogP contribution in [0, 0.1) is 13.8 Å². The van der Waals surface area contributed by atoms with Gasteiger partial charge in [-0.15, -0.1) is 0 Å². The number of carbonyl (C=O) groups is 2. The van der Waals surface area contributed by atoms with Crippen molar-refractivity contribution >= 4 is 22.7 Å². The van der Waals surface area contributed by atoms with E-state index in [1.807, 2.05) is 70.2 Å². The van der Waals surface area contributed by atoms with E-state index >= 15 is 0 Å². The highest BCUT2D eigenvalue weighted by molar-refractivity contribution is 6.08. The minimum atomic E-state index is -0.347. The van der Waals surface area contributed by atoms with Gasteiger partial charge in [-0.2, -0.15) is 0 Å². The largest absolute Gasteiger partial charge is 0.350 e. The molecule has 0 fully saturated rings. The number of benzene rings is 2. The molecule has 1 aromatic heterocycles. The van der Waals surface area contributed by atoms with E-state index in [-0.39, 0.29) is 23.9 Å². The van der Waals surface area contributed by atoms with Crippen LogP contribution in [0.5, 0.6) is 0 Å². The Morgan fingerprint density at radius 2 is 1.73 bits per heavy atom. The number of rotatable bonds is 4. The van der Waals surface area contributed by atoms with Crippen molar-refractivity contribution in [2.24, 2.45) is 0 Å². The lowest BCUT2D eigenvalue weighted by Crippen LogP contribution is -2.46. The fourth-order valence-corrected chi connectivity index (χ4v) is 3.54. The van der Waals surface area contributed by atoms with Gasteiger partial charge in [-0.25, -0.2) is 4.98 Å². The standard InChI is InChI=1S/C25H29N3O2/c1-16-11-12-18(17(2)13-16)22-14-20(19-9-7-8-10-21(19)26-22)24(30)28(6)15-23(29)27-25(3,4)5/h7-14H,15H2,1-6H3,(H,27,29). The fourth-order valence-electron chi connectivity index (χ4n) is 3.54. The number of likely N-dealkylation sites (N-methyl/N-ethyl adjacent to an activating group) is 1. The summed E-state index contributed by atoms with van der Waals surface area (Å²) >= 11 is 0. The average Bonchev–Trinajstić information content (AvgIpc) is 2.65. The predicted octanol–water partition coefficient (Wildman–Crippen LogP) is 4.51. The highest BCUT2D eigenvalue weighted by atomic mass is 16.2. The number of hydrogen-bond donors (Lipinski definition) is 1. The van der Waals surface area contributed by atoms with Crippen LogP contribution in [-0.2, 0) is 4.79 Å². The average molecular weight is 404 g/mol. The zero-order valence-corrected chi connectivity index (χ0v) is 18.5. The summed E-state index contributed by atoms with van der Waals surface area (Å²) in [5.41, 5.74) is 4.98. The number of para-hydroxylation sites is 1. The highest BCUT2D eigenvalue weighted by Gasteiger charge is 2.21. The van der Waals surface area contributed by atoms with Crippen LogP contribution < -0.4 is 5.32 Å². The Morgan fingerprint density at radius 1 is 1.03 bits per heavy atom. The van der Waals surface area contributed by atoms with Gasteiger partial charge in [0, 0.05) is 23.5 Å². The molecule has 5 heteroatoms. The molecule has 3 aromatic rings. The van der Waals surface area contributed by atoms with Gasteiger partial charge >= 0.3 is 0 Å². The molecular formula is C25H29N3O2. The predicted molar refractivity (Wildman–Crippen MR) is 122 cm³/mol. The van der Waals surface area contributed by atoms with Crippen LogP contribution in [0.1, 0.15) is 42.3 Å². The summed E-state index contributed by atoms with van der Waals surface area (Å²) in [6.45, 7) is 9.84. The molecule has 0 bridgehead atoms. The molecule has 1 heterocycles. The number of amides is 2. The van der Waals surface area contributed by atoms with Crippen LogP contribution in [0.2, 0.25) is 0 Å². The van der Waals surface area contributed by atoms with Crippen molar-refractivity contribution in [2.45, 2.75) is 40.2 Å². The summed E-state index contributed by atoms with van der Waals surface area (Å²) in [5.74, 6) is -0.394. The van der Waals surface area contributed by atoms with Crippen LogP contribution in [0.25, 0.3) is 22.2 Å². The van der Waals surface area contributed by atoms with Gasteiger partial charge in [0.15, 0.2) is 0 Å². The molecule has 0 unspecified atom stereocenters. The first-order valence-electron chi connectivity index (χ1n) is 10.1. The number of nitrogens with one attached hydrogen (secondary N) is 1. The Bertz CT molecular complexity index is 1110. The van der Waals surface area contributed by atoms with E-state index in [2.05, 4.69) is 18.3 Å².